The van der Waals surface area contributed by atoms with Gasteiger partial charge in [-0.1, -0.05) is 6.42 Å². The van der Waals surface area contributed by atoms with Crippen LogP contribution >= 0.6 is 0 Å². The topological polar surface area (TPSA) is 92.0 Å². The number of nitrogens with one attached hydrogen (secondary N) is 1. The van der Waals surface area contributed by atoms with Crippen molar-refractivity contribution in [3.8, 4) is 0 Å². The van der Waals surface area contributed by atoms with Crippen molar-refractivity contribution in [3.05, 3.63) is 17.0 Å². The van der Waals surface area contributed by atoms with E-state index in [2.05, 4.69) is 10.2 Å². The normalized spacial score (nSPS) is 17.6. The standard InChI is InChI=1S/C11H17N3O2/c12-8(11(15)16)6-10-7-4-2-1-3-5-9(7)13-14-10/h8H,1-6,12H2,(H,13,14)(H,15,16)/t8-/m0/s1. The lowest BCUT2D eigenvalue weighted by molar-refractivity contribution is -0.138. The Bertz CT molecular complexity index is 387. The fraction of sp³-hybridized carbons (Fsp3) is 0.636. The third-order valence-electron chi connectivity index (χ3n) is 3.12. The van der Waals surface area contributed by atoms with Gasteiger partial charge in [-0.2, -0.15) is 5.10 Å². The van der Waals surface area contributed by atoms with Crippen molar-refractivity contribution in [3.63, 3.8) is 0 Å². The predicted octanol–water partition coefficient (Wildman–Crippen LogP) is 0.633. The number of aliphatic carboxylic acids is 1. The summed E-state index contributed by atoms with van der Waals surface area (Å²) in [5, 5.41) is 16.0. The summed E-state index contributed by atoms with van der Waals surface area (Å²) in [5.74, 6) is -0.967. The second kappa shape index (κ2) is 4.65. The van der Waals surface area contributed by atoms with Gasteiger partial charge in [0.05, 0.1) is 5.69 Å². The summed E-state index contributed by atoms with van der Waals surface area (Å²) in [6.07, 6.45) is 5.90. The predicted molar refractivity (Wildman–Crippen MR) is 59.2 cm³/mol. The van der Waals surface area contributed by atoms with Gasteiger partial charge in [0, 0.05) is 12.1 Å². The largest absolute Gasteiger partial charge is 0.480 e. The van der Waals surface area contributed by atoms with Crippen molar-refractivity contribution in [2.45, 2.75) is 44.6 Å². The molecule has 0 aromatic carbocycles. The van der Waals surface area contributed by atoms with Crippen LogP contribution in [0.3, 0.4) is 0 Å². The molecular formula is C11H17N3O2. The van der Waals surface area contributed by atoms with Gasteiger partial charge >= 0.3 is 5.97 Å². The zero-order valence-electron chi connectivity index (χ0n) is 9.20. The molecule has 0 saturated carbocycles. The van der Waals surface area contributed by atoms with Gasteiger partial charge in [-0.05, 0) is 31.2 Å². The maximum Gasteiger partial charge on any atom is 0.320 e. The highest BCUT2D eigenvalue weighted by molar-refractivity contribution is 5.73. The van der Waals surface area contributed by atoms with Gasteiger partial charge in [-0.25, -0.2) is 0 Å². The van der Waals surface area contributed by atoms with Crippen molar-refractivity contribution < 1.29 is 9.90 Å². The van der Waals surface area contributed by atoms with Gasteiger partial charge in [0.2, 0.25) is 0 Å². The molecule has 16 heavy (non-hydrogen) atoms. The van der Waals surface area contributed by atoms with Crippen molar-refractivity contribution in [1.29, 1.82) is 0 Å². The van der Waals surface area contributed by atoms with Gasteiger partial charge in [0.15, 0.2) is 0 Å². The van der Waals surface area contributed by atoms with E-state index in [1.165, 1.54) is 24.1 Å². The van der Waals surface area contributed by atoms with E-state index in [1.54, 1.807) is 0 Å². The first-order valence-corrected chi connectivity index (χ1v) is 5.72. The number of hydrogen-bond acceptors (Lipinski definition) is 3. The van der Waals surface area contributed by atoms with Crippen LogP contribution in [0.25, 0.3) is 0 Å². The van der Waals surface area contributed by atoms with E-state index in [0.717, 1.165) is 25.0 Å². The smallest absolute Gasteiger partial charge is 0.320 e. The number of rotatable bonds is 3. The van der Waals surface area contributed by atoms with Crippen LogP contribution in [0.4, 0.5) is 0 Å². The van der Waals surface area contributed by atoms with E-state index in [-0.39, 0.29) is 0 Å². The Labute approximate surface area is 94.0 Å². The fourth-order valence-electron chi connectivity index (χ4n) is 2.19. The second-order valence-corrected chi connectivity index (χ2v) is 4.34. The number of nitrogens with two attached hydrogens (primary N) is 1. The minimum Gasteiger partial charge on any atom is -0.480 e. The lowest BCUT2D eigenvalue weighted by Crippen LogP contribution is -2.32. The Morgan fingerprint density at radius 1 is 1.44 bits per heavy atom. The van der Waals surface area contributed by atoms with Gasteiger partial charge in [-0.15, -0.1) is 0 Å². The monoisotopic (exact) mass is 223 g/mol. The molecular weight excluding hydrogens is 206 g/mol. The van der Waals surface area contributed by atoms with Crippen molar-refractivity contribution in [2.24, 2.45) is 5.73 Å². The van der Waals surface area contributed by atoms with Crippen LogP contribution in [0.5, 0.6) is 0 Å². The van der Waals surface area contributed by atoms with Crippen LogP contribution in [0.2, 0.25) is 0 Å². The molecule has 5 heteroatoms. The second-order valence-electron chi connectivity index (χ2n) is 4.34. The number of aromatic nitrogens is 2. The number of carbonyl (C=O) groups is 1. The molecule has 1 aromatic heterocycles. The summed E-state index contributed by atoms with van der Waals surface area (Å²) < 4.78 is 0. The first-order valence-electron chi connectivity index (χ1n) is 5.72. The highest BCUT2D eigenvalue weighted by atomic mass is 16.4. The summed E-state index contributed by atoms with van der Waals surface area (Å²) in [6.45, 7) is 0. The molecule has 0 amide bonds. The summed E-state index contributed by atoms with van der Waals surface area (Å²) in [4.78, 5) is 10.7. The van der Waals surface area contributed by atoms with E-state index in [0.29, 0.717) is 6.42 Å². The Hall–Kier alpha value is -1.36. The van der Waals surface area contributed by atoms with Crippen LogP contribution in [0.1, 0.15) is 36.2 Å². The molecule has 0 unspecified atom stereocenters. The third kappa shape index (κ3) is 2.24. The average Bonchev–Trinajstić information content (AvgIpc) is 2.50. The number of carboxylic acids is 1. The molecule has 1 atom stereocenters. The average molecular weight is 223 g/mol. The maximum atomic E-state index is 10.7. The Kier molecular flexibility index (Phi) is 3.24. The molecule has 0 saturated heterocycles. The van der Waals surface area contributed by atoms with Crippen LogP contribution in [0, 0.1) is 0 Å². The molecule has 0 aliphatic heterocycles. The number of H-pyrrole nitrogens is 1. The molecule has 0 spiro atoms. The van der Waals surface area contributed by atoms with Crippen LogP contribution in [-0.4, -0.2) is 27.3 Å². The molecule has 5 nitrogen and oxygen atoms in total. The van der Waals surface area contributed by atoms with Crippen molar-refractivity contribution >= 4 is 5.97 Å². The summed E-state index contributed by atoms with van der Waals surface area (Å²) >= 11 is 0. The minimum atomic E-state index is -0.967. The molecule has 0 bridgehead atoms. The molecule has 4 N–H and O–H groups in total. The summed E-state index contributed by atoms with van der Waals surface area (Å²) in [7, 11) is 0. The van der Waals surface area contributed by atoms with E-state index in [1.807, 2.05) is 0 Å². The molecule has 0 radical (unpaired) electrons. The third-order valence-corrected chi connectivity index (χ3v) is 3.12. The molecule has 88 valence electrons. The zero-order chi connectivity index (χ0) is 11.5. The first-order chi connectivity index (χ1) is 7.68. The summed E-state index contributed by atoms with van der Waals surface area (Å²) in [6, 6.07) is -0.851. The van der Waals surface area contributed by atoms with Gasteiger partial charge in [-0.3, -0.25) is 9.89 Å². The number of aromatic amines is 1. The lowest BCUT2D eigenvalue weighted by Gasteiger charge is -2.05. The van der Waals surface area contributed by atoms with Crippen LogP contribution in [-0.2, 0) is 24.1 Å². The first kappa shape index (κ1) is 11.1. The number of hydrogen-bond donors (Lipinski definition) is 3. The highest BCUT2D eigenvalue weighted by Crippen LogP contribution is 2.22. The van der Waals surface area contributed by atoms with Crippen LogP contribution < -0.4 is 5.73 Å². The Morgan fingerprint density at radius 3 is 2.94 bits per heavy atom. The highest BCUT2D eigenvalue weighted by Gasteiger charge is 2.20. The van der Waals surface area contributed by atoms with Gasteiger partial charge < -0.3 is 10.8 Å². The molecule has 0 fully saturated rings. The molecule has 1 aliphatic rings. The van der Waals surface area contributed by atoms with E-state index < -0.39 is 12.0 Å². The molecule has 1 aliphatic carbocycles. The fourth-order valence-corrected chi connectivity index (χ4v) is 2.19. The van der Waals surface area contributed by atoms with Crippen molar-refractivity contribution in [1.82, 2.24) is 10.2 Å². The number of aryl methyl sites for hydroxylation is 1. The van der Waals surface area contributed by atoms with Crippen molar-refractivity contribution in [2.75, 3.05) is 0 Å². The summed E-state index contributed by atoms with van der Waals surface area (Å²) in [5.41, 5.74) is 8.74. The lowest BCUT2D eigenvalue weighted by atomic mass is 10.0. The quantitative estimate of drug-likeness (QED) is 0.655. The van der Waals surface area contributed by atoms with Gasteiger partial charge in [0.1, 0.15) is 6.04 Å². The zero-order valence-corrected chi connectivity index (χ0v) is 9.20. The van der Waals surface area contributed by atoms with E-state index in [9.17, 15) is 4.79 Å². The molecule has 1 heterocycles. The number of carboxylic acid groups (broad SMARTS) is 1. The van der Waals surface area contributed by atoms with E-state index in [4.69, 9.17) is 10.8 Å². The number of fused-ring (bicyclic) bond motifs is 1. The van der Waals surface area contributed by atoms with Gasteiger partial charge in [0.25, 0.3) is 0 Å². The molecule has 2 rings (SSSR count). The minimum absolute atomic E-state index is 0.321. The SMILES string of the molecule is N[C@@H](Cc1n[nH]c2c1CCCCC2)C(=O)O. The van der Waals surface area contributed by atoms with E-state index >= 15 is 0 Å². The Balaban J connectivity index is 2.16. The van der Waals surface area contributed by atoms with Crippen LogP contribution in [0.15, 0.2) is 0 Å². The molecule has 1 aromatic rings. The maximum absolute atomic E-state index is 10.7. The Morgan fingerprint density at radius 2 is 2.19 bits per heavy atom. The number of nitrogens with zero attached hydrogens (tertiary/aromatic N) is 1.